The molecule has 0 saturated heterocycles. The van der Waals surface area contributed by atoms with E-state index in [-0.39, 0.29) is 5.75 Å². The van der Waals surface area contributed by atoms with Gasteiger partial charge >= 0.3 is 6.09 Å². The predicted molar refractivity (Wildman–Crippen MR) is 76.8 cm³/mol. The first-order chi connectivity index (χ1) is 8.73. The van der Waals surface area contributed by atoms with Crippen molar-refractivity contribution in [1.29, 1.82) is 0 Å². The number of hydrogen-bond acceptors (Lipinski definition) is 7. The summed E-state index contributed by atoms with van der Waals surface area (Å²) in [5.74, 6) is 0.133. The van der Waals surface area contributed by atoms with E-state index in [0.717, 1.165) is 11.3 Å². The van der Waals surface area contributed by atoms with Crippen molar-refractivity contribution >= 4 is 35.2 Å². The lowest BCUT2D eigenvalue weighted by Gasteiger charge is -2.18. The van der Waals surface area contributed by atoms with Gasteiger partial charge in [0.25, 0.3) is 0 Å². The van der Waals surface area contributed by atoms with Crippen LogP contribution in [0.5, 0.6) is 0 Å². The molecule has 1 amide bonds. The number of carbonyl (C=O) groups excluding carboxylic acids is 1. The molecule has 2 atom stereocenters. The molecule has 19 heavy (non-hydrogen) atoms. The van der Waals surface area contributed by atoms with Crippen LogP contribution in [-0.4, -0.2) is 38.7 Å². The first-order valence-corrected chi connectivity index (χ1v) is 7.10. The van der Waals surface area contributed by atoms with E-state index in [0.29, 0.717) is 10.0 Å². The van der Waals surface area contributed by atoms with Gasteiger partial charge in [-0.05, 0) is 20.8 Å². The van der Waals surface area contributed by atoms with Gasteiger partial charge in [-0.15, -0.1) is 0 Å². The predicted octanol–water partition coefficient (Wildman–Crippen LogP) is 1.81. The molecule has 0 aromatic carbocycles. The van der Waals surface area contributed by atoms with Crippen LogP contribution in [0, 0.1) is 0 Å². The number of aliphatic hydroxyl groups is 2. The number of thiazole rings is 1. The minimum atomic E-state index is -1.07. The van der Waals surface area contributed by atoms with Gasteiger partial charge in [0, 0.05) is 11.9 Å². The third-order valence-corrected chi connectivity index (χ3v) is 3.33. The van der Waals surface area contributed by atoms with Crippen molar-refractivity contribution < 1.29 is 19.7 Å². The van der Waals surface area contributed by atoms with Crippen molar-refractivity contribution in [2.75, 3.05) is 11.1 Å². The van der Waals surface area contributed by atoms with E-state index in [4.69, 9.17) is 4.74 Å². The van der Waals surface area contributed by atoms with Gasteiger partial charge in [-0.1, -0.05) is 11.3 Å². The summed E-state index contributed by atoms with van der Waals surface area (Å²) >= 11 is 4.97. The van der Waals surface area contributed by atoms with Gasteiger partial charge in [0.2, 0.25) is 0 Å². The molecular weight excluding hydrogens is 288 g/mol. The summed E-state index contributed by atoms with van der Waals surface area (Å²) < 4.78 is 5.07. The van der Waals surface area contributed by atoms with Crippen LogP contribution in [0.2, 0.25) is 0 Å². The normalized spacial score (nSPS) is 14.8. The van der Waals surface area contributed by atoms with Crippen LogP contribution in [0.3, 0.4) is 0 Å². The lowest BCUT2D eigenvalue weighted by Crippen LogP contribution is -2.27. The Balaban J connectivity index is 2.63. The quantitative estimate of drug-likeness (QED) is 0.637. The van der Waals surface area contributed by atoms with Gasteiger partial charge in [0.15, 0.2) is 5.13 Å². The Morgan fingerprint density at radius 3 is 2.74 bits per heavy atom. The largest absolute Gasteiger partial charge is 0.444 e. The van der Waals surface area contributed by atoms with Crippen LogP contribution in [0.25, 0.3) is 0 Å². The van der Waals surface area contributed by atoms with Crippen molar-refractivity contribution in [3.8, 4) is 0 Å². The van der Waals surface area contributed by atoms with Crippen LogP contribution in [0.15, 0.2) is 6.20 Å². The second kappa shape index (κ2) is 6.56. The number of nitrogens with zero attached hydrogens (tertiary/aromatic N) is 1. The van der Waals surface area contributed by atoms with Crippen LogP contribution in [0.1, 0.15) is 31.8 Å². The number of hydrogen-bond donors (Lipinski definition) is 4. The summed E-state index contributed by atoms with van der Waals surface area (Å²) in [6.07, 6.45) is -1.26. The second-order valence-corrected chi connectivity index (χ2v) is 6.32. The van der Waals surface area contributed by atoms with Gasteiger partial charge in [0.1, 0.15) is 11.7 Å². The first-order valence-electron chi connectivity index (χ1n) is 5.65. The number of anilines is 1. The second-order valence-electron chi connectivity index (χ2n) is 4.89. The smallest absolute Gasteiger partial charge is 0.413 e. The van der Waals surface area contributed by atoms with Crippen molar-refractivity contribution in [2.24, 2.45) is 0 Å². The standard InChI is InChI=1S/C11H18N2O4S2/c1-11(2,3)17-10(16)13-9-12-4-7(19-9)8(15)6(14)5-18/h4,6,8,14-15,18H,5H2,1-3H3,(H,12,13,16). The Labute approximate surface area is 121 Å². The fourth-order valence-corrected chi connectivity index (χ4v) is 2.21. The number of aliphatic hydroxyl groups excluding tert-OH is 2. The fraction of sp³-hybridized carbons (Fsp3) is 0.636. The molecule has 0 aliphatic heterocycles. The molecule has 1 rings (SSSR count). The van der Waals surface area contributed by atoms with E-state index < -0.39 is 23.9 Å². The summed E-state index contributed by atoms with van der Waals surface area (Å²) in [4.78, 5) is 15.9. The number of carbonyl (C=O) groups is 1. The Morgan fingerprint density at radius 2 is 2.21 bits per heavy atom. The number of rotatable bonds is 4. The summed E-state index contributed by atoms with van der Waals surface area (Å²) in [6, 6.07) is 0. The lowest BCUT2D eigenvalue weighted by atomic mass is 10.2. The molecule has 6 nitrogen and oxygen atoms in total. The minimum Gasteiger partial charge on any atom is -0.444 e. The van der Waals surface area contributed by atoms with Gasteiger partial charge < -0.3 is 14.9 Å². The average Bonchev–Trinajstić information content (AvgIpc) is 2.72. The van der Waals surface area contributed by atoms with E-state index >= 15 is 0 Å². The third-order valence-electron chi connectivity index (χ3n) is 1.97. The minimum absolute atomic E-state index is 0.133. The molecule has 0 aliphatic carbocycles. The molecule has 0 radical (unpaired) electrons. The molecule has 8 heteroatoms. The van der Waals surface area contributed by atoms with Gasteiger partial charge in [-0.3, -0.25) is 5.32 Å². The fourth-order valence-electron chi connectivity index (χ4n) is 1.16. The SMILES string of the molecule is CC(C)(C)OC(=O)Nc1ncc(C(O)C(O)CS)s1. The van der Waals surface area contributed by atoms with Crippen LogP contribution < -0.4 is 5.32 Å². The highest BCUT2D eigenvalue weighted by Gasteiger charge is 2.21. The lowest BCUT2D eigenvalue weighted by molar-refractivity contribution is 0.0359. The maximum absolute atomic E-state index is 11.5. The third kappa shape index (κ3) is 5.35. The van der Waals surface area contributed by atoms with E-state index in [1.54, 1.807) is 20.8 Å². The monoisotopic (exact) mass is 306 g/mol. The number of thiol groups is 1. The molecule has 0 saturated carbocycles. The molecule has 1 aromatic rings. The van der Waals surface area contributed by atoms with Crippen molar-refractivity contribution in [2.45, 2.75) is 38.6 Å². The van der Waals surface area contributed by atoms with E-state index in [2.05, 4.69) is 22.9 Å². The number of aromatic nitrogens is 1. The van der Waals surface area contributed by atoms with E-state index in [1.807, 2.05) is 0 Å². The first kappa shape index (κ1) is 16.2. The molecule has 1 aromatic heterocycles. The number of amides is 1. The van der Waals surface area contributed by atoms with Crippen LogP contribution in [0.4, 0.5) is 9.93 Å². The number of nitrogens with one attached hydrogen (secondary N) is 1. The van der Waals surface area contributed by atoms with Crippen LogP contribution in [-0.2, 0) is 4.74 Å². The molecule has 108 valence electrons. The molecule has 2 unspecified atom stereocenters. The molecule has 0 bridgehead atoms. The zero-order valence-corrected chi connectivity index (χ0v) is 12.7. The molecular formula is C11H18N2O4S2. The Morgan fingerprint density at radius 1 is 1.58 bits per heavy atom. The summed E-state index contributed by atoms with van der Waals surface area (Å²) in [7, 11) is 0. The van der Waals surface area contributed by atoms with Gasteiger partial charge in [-0.25, -0.2) is 9.78 Å². The van der Waals surface area contributed by atoms with Crippen molar-refractivity contribution in [3.05, 3.63) is 11.1 Å². The molecule has 0 spiro atoms. The summed E-state index contributed by atoms with van der Waals surface area (Å²) in [6.45, 7) is 5.27. The highest BCUT2D eigenvalue weighted by molar-refractivity contribution is 7.80. The average molecular weight is 306 g/mol. The highest BCUT2D eigenvalue weighted by atomic mass is 32.1. The van der Waals surface area contributed by atoms with Crippen LogP contribution >= 0.6 is 24.0 Å². The molecule has 0 fully saturated rings. The Bertz CT molecular complexity index is 431. The highest BCUT2D eigenvalue weighted by Crippen LogP contribution is 2.27. The van der Waals surface area contributed by atoms with Gasteiger partial charge in [-0.2, -0.15) is 12.6 Å². The zero-order chi connectivity index (χ0) is 14.6. The number of ether oxygens (including phenoxy) is 1. The topological polar surface area (TPSA) is 91.7 Å². The van der Waals surface area contributed by atoms with Crippen molar-refractivity contribution in [1.82, 2.24) is 4.98 Å². The van der Waals surface area contributed by atoms with Gasteiger partial charge in [0.05, 0.1) is 11.0 Å². The van der Waals surface area contributed by atoms with E-state index in [9.17, 15) is 15.0 Å². The molecule has 3 N–H and O–H groups in total. The van der Waals surface area contributed by atoms with E-state index in [1.165, 1.54) is 6.20 Å². The molecule has 0 aliphatic rings. The maximum atomic E-state index is 11.5. The summed E-state index contributed by atoms with van der Waals surface area (Å²) in [5, 5.41) is 22.0. The molecule has 1 heterocycles. The Kier molecular flexibility index (Phi) is 5.60. The van der Waals surface area contributed by atoms with Crippen molar-refractivity contribution in [3.63, 3.8) is 0 Å². The zero-order valence-electron chi connectivity index (χ0n) is 11.0. The Hall–Kier alpha value is -0.830. The summed E-state index contributed by atoms with van der Waals surface area (Å²) in [5.41, 5.74) is -0.591. The maximum Gasteiger partial charge on any atom is 0.413 e.